The van der Waals surface area contributed by atoms with Crippen LogP contribution in [0.5, 0.6) is 0 Å². The van der Waals surface area contributed by atoms with Gasteiger partial charge in [0.1, 0.15) is 0 Å². The summed E-state index contributed by atoms with van der Waals surface area (Å²) >= 11 is 3.93. The van der Waals surface area contributed by atoms with Crippen LogP contribution in [-0.4, -0.2) is 14.6 Å². The van der Waals surface area contributed by atoms with Gasteiger partial charge >= 0.3 is 320 Å². The standard InChI is InChI=1S/C109H196N2.Pd/c1-5-9-13-17-21-24-27-30-33-36-39-42-45-48-51-54-57-60-63-66-69-72-75-78-81-84-88-96-104-98-92-94-100-106(104)110-108(102-90-86-20-16-12-8-4)109(103-91-87-83-80-77-74-71-68-65-62-59-56-53-50-47-44-41-38-35-32-29-26-23-19-15-11-7-3)111-107-101-95-93-99-105(107)97-89-85-82-79-76-73-70-67-64-61-58-55-52-49-46-43-40-37-34-31-28-25-22-18-14-10-6-2;/h78-79,81-82,91-95,98-101,103H,5-77,80,83-90,96-97,102H2,1-4H3;/q;+1. The van der Waals surface area contributed by atoms with E-state index in [0.717, 1.165) is 38.5 Å². The summed E-state index contributed by atoms with van der Waals surface area (Å²) in [6, 6.07) is 18.4. The molecule has 0 radical (unpaired) electrons. The molecule has 0 spiro atoms. The Bertz CT molecular complexity index is 2350. The minimum atomic E-state index is 0.989. The SMILES string of the molecule is CCCCCCCCCCCCCCCCCCCCCCCCC=CCCCc1ccccc1N=C(CCCCCCCC)C(C=CCCCCCCCCCCCCCCCCCCCCCCCCCCC)=[N+]([Pd])c1ccccc1CCCC=CCCCCCCCCCCCCCCCCCCCCCCCC. The molecule has 3 heteroatoms. The van der Waals surface area contributed by atoms with Crippen LogP contribution in [0.1, 0.15) is 572 Å². The van der Waals surface area contributed by atoms with Crippen LogP contribution in [0.4, 0.5) is 11.4 Å². The molecule has 0 unspecified atom stereocenters. The number of rotatable bonds is 91. The fraction of sp³-hybridized carbons (Fsp3) is 0.817. The molecule has 112 heavy (non-hydrogen) atoms. The average Bonchev–Trinajstić information content (AvgIpc) is 0.819. The molecule has 0 heterocycles. The maximum atomic E-state index is 5.80. The van der Waals surface area contributed by atoms with Crippen LogP contribution in [-0.2, 0) is 32.3 Å². The average molecular weight is 1640 g/mol. The fourth-order valence-electron chi connectivity index (χ4n) is 17.2. The number of aliphatic imine (C=N–C) groups is 1. The van der Waals surface area contributed by atoms with Crippen molar-refractivity contribution in [2.24, 2.45) is 4.99 Å². The van der Waals surface area contributed by atoms with E-state index in [2.05, 4.69) is 135 Å². The van der Waals surface area contributed by atoms with E-state index in [9.17, 15) is 0 Å². The van der Waals surface area contributed by atoms with Crippen LogP contribution in [0, 0.1) is 0 Å². The van der Waals surface area contributed by atoms with E-state index in [1.165, 1.54) is 541 Å². The Morgan fingerprint density at radius 1 is 0.241 bits per heavy atom. The zero-order valence-corrected chi connectivity index (χ0v) is 78.0. The Balaban J connectivity index is 1.93. The number of benzene rings is 2. The smallest absolute Gasteiger partial charge is 0.0654 e. The predicted octanol–water partition coefficient (Wildman–Crippen LogP) is 39.2. The Labute approximate surface area is 715 Å². The Morgan fingerprint density at radius 3 is 0.741 bits per heavy atom. The van der Waals surface area contributed by atoms with E-state index >= 15 is 0 Å². The Hall–Kier alpha value is -2.34. The van der Waals surface area contributed by atoms with E-state index < -0.39 is 0 Å². The molecule has 0 bridgehead atoms. The zero-order chi connectivity index (χ0) is 79.8. The normalized spacial score (nSPS) is 12.4. The van der Waals surface area contributed by atoms with Crippen molar-refractivity contribution in [1.82, 2.24) is 0 Å². The minimum absolute atomic E-state index is 0.989. The number of allylic oxidation sites excluding steroid dienone is 6. The minimum Gasteiger partial charge on any atom is -0.0654 e. The molecule has 2 nitrogen and oxygen atoms in total. The first-order valence-electron chi connectivity index (χ1n) is 51.7. The van der Waals surface area contributed by atoms with Gasteiger partial charge in [0.2, 0.25) is 0 Å². The molecular weight excluding hydrogens is 1440 g/mol. The van der Waals surface area contributed by atoms with Crippen LogP contribution >= 0.6 is 0 Å². The molecule has 2 aromatic carbocycles. The molecule has 0 aliphatic carbocycles. The predicted molar refractivity (Wildman–Crippen MR) is 506 cm³/mol. The fourth-order valence-corrected chi connectivity index (χ4v) is 17.9. The van der Waals surface area contributed by atoms with Gasteiger partial charge in [-0.05, 0) is 6.42 Å². The molecule has 2 aromatic rings. The molecule has 0 fully saturated rings. The van der Waals surface area contributed by atoms with Gasteiger partial charge in [-0.1, -0.05) is 393 Å². The summed E-state index contributed by atoms with van der Waals surface area (Å²) in [4.78, 5) is 5.80. The first-order chi connectivity index (χ1) is 55.7. The van der Waals surface area contributed by atoms with E-state index in [4.69, 9.17) is 4.99 Å². The van der Waals surface area contributed by atoms with Crippen molar-refractivity contribution in [1.29, 1.82) is 0 Å². The van der Waals surface area contributed by atoms with E-state index in [1.807, 2.05) is 0 Å². The quantitative estimate of drug-likeness (QED) is 0.0271. The zero-order valence-electron chi connectivity index (χ0n) is 76.4. The van der Waals surface area contributed by atoms with Gasteiger partial charge in [-0.15, -0.1) is 0 Å². The Kier molecular flexibility index (Phi) is 84.4. The second-order valence-corrected chi connectivity index (χ2v) is 36.5. The summed E-state index contributed by atoms with van der Waals surface area (Å²) in [6.45, 7) is 9.29. The third-order valence-corrected chi connectivity index (χ3v) is 25.6. The van der Waals surface area contributed by atoms with Crippen LogP contribution < -0.4 is 0 Å². The maximum absolute atomic E-state index is 5.80. The molecule has 0 aromatic heterocycles. The molecular formula is C109H196N2Pd+. The van der Waals surface area contributed by atoms with Crippen molar-refractivity contribution in [3.63, 3.8) is 0 Å². The van der Waals surface area contributed by atoms with Crippen molar-refractivity contribution < 1.29 is 22.7 Å². The number of unbranched alkanes of at least 4 members (excludes halogenated alkanes) is 76. The van der Waals surface area contributed by atoms with Crippen molar-refractivity contribution >= 4 is 22.8 Å². The third-order valence-electron chi connectivity index (χ3n) is 24.9. The molecule has 0 N–H and O–H groups in total. The van der Waals surface area contributed by atoms with Gasteiger partial charge in [0, 0.05) is 0 Å². The summed E-state index contributed by atoms with van der Waals surface area (Å²) in [7, 11) is 0. The van der Waals surface area contributed by atoms with Gasteiger partial charge in [-0.3, -0.25) is 0 Å². The van der Waals surface area contributed by atoms with E-state index in [0.29, 0.717) is 0 Å². The number of hydrogen-bond donors (Lipinski definition) is 0. The summed E-state index contributed by atoms with van der Waals surface area (Å²) in [5.41, 5.74) is 7.73. The van der Waals surface area contributed by atoms with E-state index in [-0.39, 0.29) is 0 Å². The van der Waals surface area contributed by atoms with Crippen LogP contribution in [0.25, 0.3) is 0 Å². The number of aryl methyl sites for hydroxylation is 2. The summed E-state index contributed by atoms with van der Waals surface area (Å²) in [6.07, 6.45) is 134. The molecule has 0 saturated carbocycles. The molecule has 2 rings (SSSR count). The first-order valence-corrected chi connectivity index (χ1v) is 52.4. The number of hydrogen-bond acceptors (Lipinski definition) is 1. The van der Waals surface area contributed by atoms with Gasteiger partial charge in [0.15, 0.2) is 0 Å². The third kappa shape index (κ3) is 71.7. The van der Waals surface area contributed by atoms with Gasteiger partial charge < -0.3 is 0 Å². The molecule has 0 saturated heterocycles. The van der Waals surface area contributed by atoms with Gasteiger partial charge in [0.05, 0.1) is 0 Å². The number of para-hydroxylation sites is 2. The van der Waals surface area contributed by atoms with Crippen LogP contribution in [0.3, 0.4) is 0 Å². The van der Waals surface area contributed by atoms with Crippen molar-refractivity contribution in [3.8, 4) is 0 Å². The van der Waals surface area contributed by atoms with E-state index in [1.54, 1.807) is 0 Å². The molecule has 0 aliphatic rings. The Morgan fingerprint density at radius 2 is 0.455 bits per heavy atom. The molecule has 0 amide bonds. The monoisotopic (exact) mass is 1640 g/mol. The second-order valence-electron chi connectivity index (χ2n) is 35.8. The summed E-state index contributed by atoms with van der Waals surface area (Å²) in [5, 5.41) is 0. The molecule has 0 atom stereocenters. The van der Waals surface area contributed by atoms with Gasteiger partial charge in [-0.2, -0.15) is 0 Å². The van der Waals surface area contributed by atoms with Crippen LogP contribution in [0.15, 0.2) is 90.0 Å². The van der Waals surface area contributed by atoms with Gasteiger partial charge in [0.25, 0.3) is 0 Å². The van der Waals surface area contributed by atoms with Crippen molar-refractivity contribution in [2.75, 3.05) is 0 Å². The summed E-state index contributed by atoms with van der Waals surface area (Å²) < 4.78 is 2.40. The first kappa shape index (κ1) is 106. The molecule has 0 aliphatic heterocycles. The summed E-state index contributed by atoms with van der Waals surface area (Å²) in [5.74, 6) is 0. The van der Waals surface area contributed by atoms with Crippen molar-refractivity contribution in [3.05, 3.63) is 96.1 Å². The van der Waals surface area contributed by atoms with Gasteiger partial charge in [-0.25, -0.2) is 0 Å². The van der Waals surface area contributed by atoms with Crippen molar-refractivity contribution in [2.45, 2.75) is 573 Å². The van der Waals surface area contributed by atoms with Crippen LogP contribution in [0.2, 0.25) is 0 Å². The second kappa shape index (κ2) is 89.5. The topological polar surface area (TPSA) is 15.4 Å². The number of nitrogens with zero attached hydrogens (tertiary/aromatic N) is 2. The molecule has 651 valence electrons.